The summed E-state index contributed by atoms with van der Waals surface area (Å²) < 4.78 is 18.2. The molecule has 1 unspecified atom stereocenters. The Kier molecular flexibility index (Phi) is 7.06. The van der Waals surface area contributed by atoms with Crippen molar-refractivity contribution in [3.63, 3.8) is 0 Å². The van der Waals surface area contributed by atoms with Gasteiger partial charge in [-0.1, -0.05) is 39.8 Å². The fourth-order valence-corrected chi connectivity index (χ4v) is 6.22. The van der Waals surface area contributed by atoms with Crippen molar-refractivity contribution in [1.82, 2.24) is 4.98 Å². The van der Waals surface area contributed by atoms with Gasteiger partial charge < -0.3 is 14.2 Å². The fourth-order valence-electron chi connectivity index (χ4n) is 6.22. The molecule has 0 spiro atoms. The molecule has 2 aliphatic carbocycles. The number of rotatable bonds is 4. The molecule has 2 heterocycles. The van der Waals surface area contributed by atoms with Crippen LogP contribution in [0, 0.1) is 22.7 Å². The first-order valence-corrected chi connectivity index (χ1v) is 11.4. The van der Waals surface area contributed by atoms with E-state index in [2.05, 4.69) is 25.4 Å². The van der Waals surface area contributed by atoms with Crippen LogP contribution in [0.3, 0.4) is 0 Å². The van der Waals surface area contributed by atoms with Crippen LogP contribution in [-0.2, 0) is 9.47 Å². The van der Waals surface area contributed by atoms with Crippen LogP contribution in [0.5, 0.6) is 5.75 Å². The molecule has 3 aliphatic rings. The second-order valence-electron chi connectivity index (χ2n) is 9.18. The summed E-state index contributed by atoms with van der Waals surface area (Å²) in [6, 6.07) is 3.84. The molecule has 0 bridgehead atoms. The smallest absolute Gasteiger partial charge is 0.155 e. The predicted molar refractivity (Wildman–Crippen MR) is 117 cm³/mol. The van der Waals surface area contributed by atoms with Crippen LogP contribution in [-0.4, -0.2) is 30.6 Å². The normalized spacial score (nSPS) is 38.9. The van der Waals surface area contributed by atoms with Gasteiger partial charge in [0.15, 0.2) is 6.29 Å². The number of fused-ring (bicyclic) bond motifs is 3. The summed E-state index contributed by atoms with van der Waals surface area (Å²) in [6.45, 7) is 16.9. The minimum Gasteiger partial charge on any atom is -0.493 e. The van der Waals surface area contributed by atoms with Crippen molar-refractivity contribution in [2.75, 3.05) is 13.2 Å². The van der Waals surface area contributed by atoms with Gasteiger partial charge in [0, 0.05) is 17.8 Å². The number of allylic oxidation sites excluding steroid dienone is 1. The van der Waals surface area contributed by atoms with Gasteiger partial charge in [-0.15, -0.1) is 0 Å². The zero-order valence-electron chi connectivity index (χ0n) is 18.9. The minimum atomic E-state index is -0.0736. The molecule has 3 fully saturated rings. The predicted octanol–water partition coefficient (Wildman–Crippen LogP) is 6.03. The molecule has 4 rings (SSSR count). The van der Waals surface area contributed by atoms with Gasteiger partial charge in [0.2, 0.25) is 0 Å². The van der Waals surface area contributed by atoms with Crippen LogP contribution in [0.2, 0.25) is 0 Å². The van der Waals surface area contributed by atoms with E-state index in [0.29, 0.717) is 17.9 Å². The molecule has 1 saturated heterocycles. The molecule has 1 aromatic rings. The van der Waals surface area contributed by atoms with Crippen LogP contribution >= 0.6 is 0 Å². The lowest BCUT2D eigenvalue weighted by molar-refractivity contribution is -0.297. The van der Waals surface area contributed by atoms with Gasteiger partial charge in [-0.3, -0.25) is 4.98 Å². The van der Waals surface area contributed by atoms with Crippen LogP contribution in [0.1, 0.15) is 66.7 Å². The number of hydrogen-bond donors (Lipinski definition) is 0. The molecule has 29 heavy (non-hydrogen) atoms. The van der Waals surface area contributed by atoms with E-state index in [-0.39, 0.29) is 17.1 Å². The van der Waals surface area contributed by atoms with E-state index in [1.165, 1.54) is 18.4 Å². The van der Waals surface area contributed by atoms with Gasteiger partial charge >= 0.3 is 0 Å². The Labute approximate surface area is 177 Å². The first-order chi connectivity index (χ1) is 13.9. The Balaban J connectivity index is 0.00000117. The number of nitrogens with zero attached hydrogens (tertiary/aromatic N) is 1. The van der Waals surface area contributed by atoms with Gasteiger partial charge in [-0.2, -0.15) is 0 Å². The Bertz CT molecular complexity index is 678. The number of aromatic nitrogens is 1. The zero-order chi connectivity index (χ0) is 21.1. The SMILES string of the molecule is C=C1CCC2[C@]3(C)CO[C@@H](C)O[C@@H]3CC[C@@]2(C)[C@@H]1CCOc1ccncc1.CC. The van der Waals surface area contributed by atoms with Gasteiger partial charge in [0.1, 0.15) is 5.75 Å². The molecule has 1 aromatic heterocycles. The number of hydrogen-bond acceptors (Lipinski definition) is 4. The van der Waals surface area contributed by atoms with Crippen molar-refractivity contribution in [2.24, 2.45) is 22.7 Å². The third-order valence-electron chi connectivity index (χ3n) is 7.63. The number of ether oxygens (including phenoxy) is 3. The molecule has 6 atom stereocenters. The van der Waals surface area contributed by atoms with Gasteiger partial charge in [0.25, 0.3) is 0 Å². The Hall–Kier alpha value is -1.39. The Morgan fingerprint density at radius 1 is 1.17 bits per heavy atom. The standard InChI is InChI=1S/C23H33NO3.C2H6/c1-16-5-6-20-22(3,11-7-21-23(20,4)15-26-17(2)27-21)19(16)10-14-25-18-8-12-24-13-9-18;1-2/h8-9,12-13,17,19-21H,1,5-7,10-11,14-15H2,2-4H3;1-2H3/t17-,19-,20?,21-,22+,23+;/m1./s1. The summed E-state index contributed by atoms with van der Waals surface area (Å²) in [5.74, 6) is 2.00. The molecule has 4 nitrogen and oxygen atoms in total. The van der Waals surface area contributed by atoms with E-state index in [1.54, 1.807) is 12.4 Å². The Morgan fingerprint density at radius 3 is 2.62 bits per heavy atom. The van der Waals surface area contributed by atoms with E-state index in [4.69, 9.17) is 14.2 Å². The maximum Gasteiger partial charge on any atom is 0.155 e. The zero-order valence-corrected chi connectivity index (χ0v) is 18.9. The van der Waals surface area contributed by atoms with E-state index in [1.807, 2.05) is 32.9 Å². The molecule has 1 aliphatic heterocycles. The lowest BCUT2D eigenvalue weighted by Gasteiger charge is -2.62. The maximum absolute atomic E-state index is 6.21. The van der Waals surface area contributed by atoms with Gasteiger partial charge in [0.05, 0.1) is 19.3 Å². The molecular formula is C25H39NO3. The average molecular weight is 402 g/mol. The minimum absolute atomic E-state index is 0.0736. The second kappa shape index (κ2) is 9.18. The largest absolute Gasteiger partial charge is 0.493 e. The highest BCUT2D eigenvalue weighted by molar-refractivity contribution is 5.19. The third kappa shape index (κ3) is 4.25. The van der Waals surface area contributed by atoms with Crippen molar-refractivity contribution >= 4 is 0 Å². The molecule has 0 N–H and O–H groups in total. The summed E-state index contributed by atoms with van der Waals surface area (Å²) in [5, 5.41) is 0. The Morgan fingerprint density at radius 2 is 1.90 bits per heavy atom. The summed E-state index contributed by atoms with van der Waals surface area (Å²) >= 11 is 0. The molecule has 0 radical (unpaired) electrons. The lowest BCUT2D eigenvalue weighted by atomic mass is 9.46. The van der Waals surface area contributed by atoms with Crippen molar-refractivity contribution in [3.05, 3.63) is 36.7 Å². The van der Waals surface area contributed by atoms with E-state index in [9.17, 15) is 0 Å². The molecule has 162 valence electrons. The quantitative estimate of drug-likeness (QED) is 0.578. The topological polar surface area (TPSA) is 40.6 Å². The molecular weight excluding hydrogens is 362 g/mol. The monoisotopic (exact) mass is 401 g/mol. The van der Waals surface area contributed by atoms with Crippen molar-refractivity contribution in [1.29, 1.82) is 0 Å². The van der Waals surface area contributed by atoms with E-state index in [0.717, 1.165) is 38.2 Å². The maximum atomic E-state index is 6.21. The van der Waals surface area contributed by atoms with Crippen molar-refractivity contribution in [3.8, 4) is 5.75 Å². The summed E-state index contributed by atoms with van der Waals surface area (Å²) in [4.78, 5) is 4.05. The molecule has 4 heteroatoms. The van der Waals surface area contributed by atoms with Gasteiger partial charge in [-0.05, 0) is 68.4 Å². The highest BCUT2D eigenvalue weighted by Crippen LogP contribution is 2.63. The van der Waals surface area contributed by atoms with E-state index < -0.39 is 0 Å². The van der Waals surface area contributed by atoms with Crippen molar-refractivity contribution in [2.45, 2.75) is 79.1 Å². The van der Waals surface area contributed by atoms with Crippen molar-refractivity contribution < 1.29 is 14.2 Å². The van der Waals surface area contributed by atoms with Crippen LogP contribution in [0.25, 0.3) is 0 Å². The first kappa shape index (κ1) is 22.3. The van der Waals surface area contributed by atoms with Crippen LogP contribution < -0.4 is 4.74 Å². The summed E-state index contributed by atoms with van der Waals surface area (Å²) in [6.07, 6.45) is 9.44. The fraction of sp³-hybridized carbons (Fsp3) is 0.720. The summed E-state index contributed by atoms with van der Waals surface area (Å²) in [5.41, 5.74) is 1.75. The highest BCUT2D eigenvalue weighted by atomic mass is 16.7. The summed E-state index contributed by atoms with van der Waals surface area (Å²) in [7, 11) is 0. The second-order valence-corrected chi connectivity index (χ2v) is 9.18. The molecule has 0 aromatic carbocycles. The van der Waals surface area contributed by atoms with Crippen LogP contribution in [0.4, 0.5) is 0 Å². The van der Waals surface area contributed by atoms with Gasteiger partial charge in [-0.25, -0.2) is 0 Å². The average Bonchev–Trinajstić information content (AvgIpc) is 2.73. The molecule has 0 amide bonds. The van der Waals surface area contributed by atoms with E-state index >= 15 is 0 Å². The molecule has 2 saturated carbocycles. The highest BCUT2D eigenvalue weighted by Gasteiger charge is 2.59. The lowest BCUT2D eigenvalue weighted by Crippen LogP contribution is -2.61. The van der Waals surface area contributed by atoms with Crippen LogP contribution in [0.15, 0.2) is 36.7 Å². The first-order valence-electron chi connectivity index (χ1n) is 11.4. The number of pyridine rings is 1. The third-order valence-corrected chi connectivity index (χ3v) is 7.63.